The van der Waals surface area contributed by atoms with Crippen LogP contribution in [0.4, 0.5) is 17.3 Å². The largest absolute Gasteiger partial charge is 0.633 e. The predicted octanol–water partition coefficient (Wildman–Crippen LogP) is 1.59. The molecule has 3 N–H and O–H groups in total. The Labute approximate surface area is 197 Å². The SMILES string of the molecule is COc1ccc(N2CC[N+](C)([O-])CC2)cc1Nc1ncc2c(n1)-c1c(c(C(N)=O)nn1C)CC2. The molecule has 0 unspecified atom stereocenters. The van der Waals surface area contributed by atoms with E-state index >= 15 is 0 Å². The number of anilines is 3. The molecule has 1 saturated heterocycles. The van der Waals surface area contributed by atoms with E-state index in [-0.39, 0.29) is 4.65 Å². The smallest absolute Gasteiger partial charge is 0.269 e. The standard InChI is InChI=1S/C23H28N8O3/c1-29-21-16(20(28-29)22(24)32)6-4-14-13-25-23(27-19(14)21)26-17-12-15(5-7-18(17)34-3)30-8-10-31(2,33)11-9-30/h5,7,12-13H,4,6,8-11H2,1-3H3,(H2,24,32)(H,25,26,27). The number of aryl methyl sites for hydroxylation is 2. The molecule has 1 aliphatic heterocycles. The number of ether oxygens (including phenoxy) is 1. The van der Waals surface area contributed by atoms with Gasteiger partial charge in [0.25, 0.3) is 5.91 Å². The Morgan fingerprint density at radius 2 is 2.03 bits per heavy atom. The van der Waals surface area contributed by atoms with E-state index < -0.39 is 5.91 Å². The summed E-state index contributed by atoms with van der Waals surface area (Å²) < 4.78 is 7.00. The lowest BCUT2D eigenvalue weighted by Gasteiger charge is -2.45. The zero-order chi connectivity index (χ0) is 24.0. The zero-order valence-electron chi connectivity index (χ0n) is 19.5. The number of quaternary nitrogens is 1. The minimum atomic E-state index is -0.539. The molecule has 1 aromatic carbocycles. The minimum Gasteiger partial charge on any atom is -0.633 e. The van der Waals surface area contributed by atoms with Gasteiger partial charge in [0.1, 0.15) is 5.75 Å². The lowest BCUT2D eigenvalue weighted by molar-refractivity contribution is -0.861. The summed E-state index contributed by atoms with van der Waals surface area (Å²) in [5.41, 5.74) is 10.9. The first-order chi connectivity index (χ1) is 16.3. The molecule has 0 bridgehead atoms. The lowest BCUT2D eigenvalue weighted by atomic mass is 9.93. The second-order valence-electron chi connectivity index (χ2n) is 8.97. The van der Waals surface area contributed by atoms with E-state index in [1.165, 1.54) is 0 Å². The van der Waals surface area contributed by atoms with Crippen LogP contribution in [0, 0.1) is 5.21 Å². The van der Waals surface area contributed by atoms with Gasteiger partial charge < -0.3 is 30.5 Å². The highest BCUT2D eigenvalue weighted by atomic mass is 16.5. The number of nitrogens with zero attached hydrogens (tertiary/aromatic N) is 6. The fraction of sp³-hybridized carbons (Fsp3) is 0.391. The number of methoxy groups -OCH3 is 1. The molecule has 0 saturated carbocycles. The number of fused-ring (bicyclic) bond motifs is 3. The first-order valence-electron chi connectivity index (χ1n) is 11.2. The van der Waals surface area contributed by atoms with Crippen LogP contribution in [-0.2, 0) is 19.9 Å². The molecule has 3 heterocycles. The monoisotopic (exact) mass is 464 g/mol. The Morgan fingerprint density at radius 1 is 1.26 bits per heavy atom. The van der Waals surface area contributed by atoms with E-state index in [2.05, 4.69) is 20.3 Å². The number of amides is 1. The molecular formula is C23H28N8O3. The van der Waals surface area contributed by atoms with Crippen LogP contribution in [0.2, 0.25) is 0 Å². The van der Waals surface area contributed by atoms with Gasteiger partial charge in [-0.1, -0.05) is 0 Å². The van der Waals surface area contributed by atoms with Crippen molar-refractivity contribution in [2.75, 3.05) is 50.6 Å². The van der Waals surface area contributed by atoms with E-state index in [0.29, 0.717) is 56.4 Å². The molecule has 11 heteroatoms. The molecule has 2 aliphatic rings. The van der Waals surface area contributed by atoms with Crippen molar-refractivity contribution in [3.05, 3.63) is 46.4 Å². The van der Waals surface area contributed by atoms with Crippen LogP contribution in [0.1, 0.15) is 21.6 Å². The van der Waals surface area contributed by atoms with Gasteiger partial charge in [-0.2, -0.15) is 5.10 Å². The van der Waals surface area contributed by atoms with Gasteiger partial charge in [0, 0.05) is 24.5 Å². The summed E-state index contributed by atoms with van der Waals surface area (Å²) >= 11 is 0. The van der Waals surface area contributed by atoms with Gasteiger partial charge in [-0.3, -0.25) is 9.48 Å². The third-order valence-corrected chi connectivity index (χ3v) is 6.59. The van der Waals surface area contributed by atoms with Crippen molar-refractivity contribution in [2.45, 2.75) is 12.8 Å². The molecule has 1 amide bonds. The summed E-state index contributed by atoms with van der Waals surface area (Å²) in [5, 5.41) is 19.8. The molecule has 5 rings (SSSR count). The quantitative estimate of drug-likeness (QED) is 0.429. The number of nitrogens with one attached hydrogen (secondary N) is 1. The highest BCUT2D eigenvalue weighted by molar-refractivity contribution is 5.94. The normalized spacial score (nSPS) is 16.5. The summed E-state index contributed by atoms with van der Waals surface area (Å²) in [5.74, 6) is 0.526. The van der Waals surface area contributed by atoms with Crippen molar-refractivity contribution < 1.29 is 14.2 Å². The second kappa shape index (κ2) is 8.26. The van der Waals surface area contributed by atoms with Crippen LogP contribution in [-0.4, -0.2) is 70.6 Å². The summed E-state index contributed by atoms with van der Waals surface area (Å²) in [4.78, 5) is 23.3. The van der Waals surface area contributed by atoms with Crippen molar-refractivity contribution in [1.29, 1.82) is 0 Å². The number of likely N-dealkylation sites (N-methyl/N-ethyl adjacent to an activating group) is 1. The predicted molar refractivity (Wildman–Crippen MR) is 128 cm³/mol. The number of rotatable bonds is 5. The van der Waals surface area contributed by atoms with Crippen LogP contribution < -0.4 is 20.7 Å². The van der Waals surface area contributed by atoms with E-state index in [9.17, 15) is 10.0 Å². The number of carbonyl (C=O) groups is 1. The molecule has 11 nitrogen and oxygen atoms in total. The number of hydroxylamine groups is 3. The van der Waals surface area contributed by atoms with Crippen molar-refractivity contribution in [3.8, 4) is 17.1 Å². The van der Waals surface area contributed by atoms with E-state index in [0.717, 1.165) is 33.9 Å². The maximum absolute atomic E-state index is 12.2. The zero-order valence-corrected chi connectivity index (χ0v) is 19.5. The molecule has 178 valence electrons. The molecule has 2 aromatic heterocycles. The number of aromatic nitrogens is 4. The average molecular weight is 465 g/mol. The third-order valence-electron chi connectivity index (χ3n) is 6.59. The van der Waals surface area contributed by atoms with Gasteiger partial charge in [0.2, 0.25) is 5.95 Å². The summed E-state index contributed by atoms with van der Waals surface area (Å²) in [7, 11) is 5.11. The topological polar surface area (TPSA) is 134 Å². The second-order valence-corrected chi connectivity index (χ2v) is 8.97. The number of carbonyl (C=O) groups excluding carboxylic acids is 1. The summed E-state index contributed by atoms with van der Waals surface area (Å²) in [6.45, 7) is 2.46. The van der Waals surface area contributed by atoms with Gasteiger partial charge in [-0.05, 0) is 36.6 Å². The number of nitrogens with two attached hydrogens (primary N) is 1. The fourth-order valence-electron chi connectivity index (χ4n) is 4.67. The molecular weight excluding hydrogens is 436 g/mol. The number of hydrogen-bond acceptors (Lipinski definition) is 8. The van der Waals surface area contributed by atoms with Crippen molar-refractivity contribution in [2.24, 2.45) is 12.8 Å². The first kappa shape index (κ1) is 22.1. The van der Waals surface area contributed by atoms with Crippen LogP contribution in [0.3, 0.4) is 0 Å². The number of benzene rings is 1. The van der Waals surface area contributed by atoms with Crippen LogP contribution in [0.25, 0.3) is 11.4 Å². The number of hydrogen-bond donors (Lipinski definition) is 2. The van der Waals surface area contributed by atoms with Crippen LogP contribution in [0.15, 0.2) is 24.4 Å². The molecule has 34 heavy (non-hydrogen) atoms. The van der Waals surface area contributed by atoms with Gasteiger partial charge in [0.15, 0.2) is 5.69 Å². The molecule has 0 radical (unpaired) electrons. The van der Waals surface area contributed by atoms with Crippen molar-refractivity contribution >= 4 is 23.2 Å². The summed E-state index contributed by atoms with van der Waals surface area (Å²) in [6, 6.07) is 5.88. The van der Waals surface area contributed by atoms with Gasteiger partial charge >= 0.3 is 0 Å². The van der Waals surface area contributed by atoms with Gasteiger partial charge in [0.05, 0.1) is 57.4 Å². The van der Waals surface area contributed by atoms with Crippen molar-refractivity contribution in [1.82, 2.24) is 19.7 Å². The minimum absolute atomic E-state index is 0.214. The highest BCUT2D eigenvalue weighted by Crippen LogP contribution is 2.36. The number of primary amides is 1. The van der Waals surface area contributed by atoms with E-state index in [1.54, 1.807) is 32.1 Å². The highest BCUT2D eigenvalue weighted by Gasteiger charge is 2.28. The van der Waals surface area contributed by atoms with Gasteiger partial charge in [-0.15, -0.1) is 0 Å². The Balaban J connectivity index is 1.47. The molecule has 1 fully saturated rings. The Morgan fingerprint density at radius 3 is 2.74 bits per heavy atom. The molecule has 0 spiro atoms. The van der Waals surface area contributed by atoms with Crippen molar-refractivity contribution in [3.63, 3.8) is 0 Å². The lowest BCUT2D eigenvalue weighted by Crippen LogP contribution is -2.53. The van der Waals surface area contributed by atoms with E-state index in [1.807, 2.05) is 18.2 Å². The van der Waals surface area contributed by atoms with Crippen LogP contribution in [0.5, 0.6) is 5.75 Å². The Bertz CT molecular complexity index is 1260. The summed E-state index contributed by atoms with van der Waals surface area (Å²) in [6.07, 6.45) is 3.18. The average Bonchev–Trinajstić information content (AvgIpc) is 3.16. The first-order valence-corrected chi connectivity index (χ1v) is 11.2. The van der Waals surface area contributed by atoms with Gasteiger partial charge in [-0.25, -0.2) is 9.97 Å². The molecule has 3 aromatic rings. The Kier molecular flexibility index (Phi) is 5.37. The Hall–Kier alpha value is -3.70. The third kappa shape index (κ3) is 3.93. The fourth-order valence-corrected chi connectivity index (χ4v) is 4.67. The van der Waals surface area contributed by atoms with Crippen LogP contribution >= 0.6 is 0 Å². The number of piperazine rings is 1. The maximum Gasteiger partial charge on any atom is 0.269 e. The molecule has 0 atom stereocenters. The maximum atomic E-state index is 12.2. The van der Waals surface area contributed by atoms with E-state index in [4.69, 9.17) is 15.5 Å². The molecule has 1 aliphatic carbocycles.